The van der Waals surface area contributed by atoms with Gasteiger partial charge in [-0.05, 0) is 20.9 Å². The van der Waals surface area contributed by atoms with Crippen LogP contribution in [0.3, 0.4) is 0 Å². The van der Waals surface area contributed by atoms with Crippen LogP contribution < -0.4 is 0 Å². The van der Waals surface area contributed by atoms with E-state index >= 15 is 0 Å². The average molecular weight is 245 g/mol. The van der Waals surface area contributed by atoms with Gasteiger partial charge in [-0.25, -0.2) is 0 Å². The Hall–Kier alpha value is -1.10. The van der Waals surface area contributed by atoms with Crippen LogP contribution in [-0.2, 0) is 19.1 Å². The molecule has 5 nitrogen and oxygen atoms in total. The summed E-state index contributed by atoms with van der Waals surface area (Å²) in [5.74, 6) is -0.662. The Balaban J connectivity index is 4.09. The summed E-state index contributed by atoms with van der Waals surface area (Å²) in [7, 11) is 3.26. The molecule has 0 aliphatic carbocycles. The minimum absolute atomic E-state index is 0.0249. The van der Waals surface area contributed by atoms with Crippen molar-refractivity contribution in [2.45, 2.75) is 33.2 Å². The van der Waals surface area contributed by atoms with Crippen LogP contribution >= 0.6 is 0 Å². The zero-order valence-electron chi connectivity index (χ0n) is 11.4. The molecule has 2 unspecified atom stereocenters. The molecule has 0 aliphatic rings. The van der Waals surface area contributed by atoms with E-state index < -0.39 is 0 Å². The van der Waals surface area contributed by atoms with Crippen molar-refractivity contribution in [2.75, 3.05) is 27.3 Å². The summed E-state index contributed by atoms with van der Waals surface area (Å²) >= 11 is 0. The van der Waals surface area contributed by atoms with E-state index in [1.807, 2.05) is 25.8 Å². The van der Waals surface area contributed by atoms with Crippen LogP contribution in [0.25, 0.3) is 0 Å². The molecule has 0 heterocycles. The van der Waals surface area contributed by atoms with E-state index in [0.717, 1.165) is 0 Å². The van der Waals surface area contributed by atoms with Gasteiger partial charge in [0.15, 0.2) is 0 Å². The minimum Gasteiger partial charge on any atom is -0.469 e. The number of nitrogens with zero attached hydrogens (tertiary/aromatic N) is 1. The van der Waals surface area contributed by atoms with E-state index in [2.05, 4.69) is 0 Å². The summed E-state index contributed by atoms with van der Waals surface area (Å²) in [6, 6.07) is 0.0249. The van der Waals surface area contributed by atoms with Gasteiger partial charge in [0.05, 0.1) is 26.1 Å². The topological polar surface area (TPSA) is 55.8 Å². The molecule has 0 radical (unpaired) electrons. The fraction of sp³-hybridized carbons (Fsp3) is 0.833. The van der Waals surface area contributed by atoms with Gasteiger partial charge in [0, 0.05) is 12.6 Å². The van der Waals surface area contributed by atoms with Gasteiger partial charge in [0.25, 0.3) is 0 Å². The van der Waals surface area contributed by atoms with Gasteiger partial charge in [-0.15, -0.1) is 0 Å². The summed E-state index contributed by atoms with van der Waals surface area (Å²) in [5.41, 5.74) is 0. The molecule has 0 saturated heterocycles. The number of methoxy groups -OCH3 is 1. The third-order valence-electron chi connectivity index (χ3n) is 2.97. The van der Waals surface area contributed by atoms with E-state index in [1.54, 1.807) is 6.92 Å². The smallest absolute Gasteiger partial charge is 0.309 e. The molecule has 0 aromatic heterocycles. The lowest BCUT2D eigenvalue weighted by Crippen LogP contribution is -2.39. The molecule has 0 aromatic carbocycles. The second-order valence-corrected chi connectivity index (χ2v) is 4.09. The summed E-state index contributed by atoms with van der Waals surface area (Å²) < 4.78 is 9.53. The predicted octanol–water partition coefficient (Wildman–Crippen LogP) is 1.07. The van der Waals surface area contributed by atoms with Gasteiger partial charge in [-0.2, -0.15) is 0 Å². The molecule has 0 bridgehead atoms. The number of rotatable bonds is 7. The normalized spacial score (nSPS) is 14.2. The maximum atomic E-state index is 11.4. The molecular formula is C12H23NO4. The molecular weight excluding hydrogens is 222 g/mol. The Labute approximate surface area is 103 Å². The molecule has 0 saturated carbocycles. The van der Waals surface area contributed by atoms with Crippen LogP contribution in [0.4, 0.5) is 0 Å². The zero-order valence-corrected chi connectivity index (χ0v) is 11.4. The fourth-order valence-electron chi connectivity index (χ4n) is 1.47. The third kappa shape index (κ3) is 5.68. The van der Waals surface area contributed by atoms with Crippen molar-refractivity contribution in [3.8, 4) is 0 Å². The van der Waals surface area contributed by atoms with Gasteiger partial charge < -0.3 is 14.4 Å². The first-order chi connectivity index (χ1) is 7.93. The van der Waals surface area contributed by atoms with Crippen LogP contribution in [0.5, 0.6) is 0 Å². The van der Waals surface area contributed by atoms with Crippen LogP contribution in [0.15, 0.2) is 0 Å². The lowest BCUT2D eigenvalue weighted by molar-refractivity contribution is -0.146. The summed E-state index contributed by atoms with van der Waals surface area (Å²) in [6.45, 7) is 6.51. The SMILES string of the molecule is CCOC(=O)CCN(C)C(C)C(C)C(=O)OC. The van der Waals surface area contributed by atoms with Gasteiger partial charge >= 0.3 is 11.9 Å². The molecule has 0 fully saturated rings. The number of carbonyl (C=O) groups is 2. The molecule has 0 rings (SSSR count). The molecule has 100 valence electrons. The quantitative estimate of drug-likeness (QED) is 0.628. The Bertz CT molecular complexity index is 255. The van der Waals surface area contributed by atoms with E-state index in [-0.39, 0.29) is 23.9 Å². The lowest BCUT2D eigenvalue weighted by Gasteiger charge is -2.27. The van der Waals surface area contributed by atoms with Crippen molar-refractivity contribution in [1.82, 2.24) is 4.90 Å². The molecule has 0 spiro atoms. The summed E-state index contributed by atoms with van der Waals surface area (Å²) in [5, 5.41) is 0. The third-order valence-corrected chi connectivity index (χ3v) is 2.97. The van der Waals surface area contributed by atoms with Crippen molar-refractivity contribution in [3.05, 3.63) is 0 Å². The van der Waals surface area contributed by atoms with E-state index in [1.165, 1.54) is 7.11 Å². The van der Waals surface area contributed by atoms with Crippen molar-refractivity contribution in [2.24, 2.45) is 5.92 Å². The summed E-state index contributed by atoms with van der Waals surface area (Å²) in [4.78, 5) is 24.5. The highest BCUT2D eigenvalue weighted by Crippen LogP contribution is 2.11. The Kier molecular flexibility index (Phi) is 7.54. The zero-order chi connectivity index (χ0) is 13.4. The standard InChI is InChI=1S/C12H23NO4/c1-6-17-11(14)7-8-13(4)10(3)9(2)12(15)16-5/h9-10H,6-8H2,1-5H3. The highest BCUT2D eigenvalue weighted by Gasteiger charge is 2.24. The van der Waals surface area contributed by atoms with Gasteiger partial charge in [-0.3, -0.25) is 9.59 Å². The number of ether oxygens (including phenoxy) is 2. The minimum atomic E-state index is -0.236. The molecule has 0 amide bonds. The molecule has 5 heteroatoms. The first-order valence-corrected chi connectivity index (χ1v) is 5.87. The molecule has 0 N–H and O–H groups in total. The van der Waals surface area contributed by atoms with E-state index in [4.69, 9.17) is 9.47 Å². The maximum Gasteiger partial charge on any atom is 0.309 e. The molecule has 0 aromatic rings. The number of carbonyl (C=O) groups excluding carboxylic acids is 2. The van der Waals surface area contributed by atoms with Crippen molar-refractivity contribution >= 4 is 11.9 Å². The number of esters is 2. The fourth-order valence-corrected chi connectivity index (χ4v) is 1.47. The molecule has 17 heavy (non-hydrogen) atoms. The maximum absolute atomic E-state index is 11.4. The first-order valence-electron chi connectivity index (χ1n) is 5.87. The predicted molar refractivity (Wildman–Crippen MR) is 64.5 cm³/mol. The van der Waals surface area contributed by atoms with E-state index in [0.29, 0.717) is 19.6 Å². The second kappa shape index (κ2) is 8.06. The highest BCUT2D eigenvalue weighted by atomic mass is 16.5. The Morgan fingerprint density at radius 2 is 1.88 bits per heavy atom. The van der Waals surface area contributed by atoms with Gasteiger partial charge in [0.2, 0.25) is 0 Å². The second-order valence-electron chi connectivity index (χ2n) is 4.09. The largest absolute Gasteiger partial charge is 0.469 e. The number of hydrogen-bond donors (Lipinski definition) is 0. The van der Waals surface area contributed by atoms with Crippen LogP contribution in [0.2, 0.25) is 0 Å². The molecule has 2 atom stereocenters. The van der Waals surface area contributed by atoms with Gasteiger partial charge in [-0.1, -0.05) is 6.92 Å². The van der Waals surface area contributed by atoms with Crippen molar-refractivity contribution < 1.29 is 19.1 Å². The monoisotopic (exact) mass is 245 g/mol. The Morgan fingerprint density at radius 1 is 1.29 bits per heavy atom. The van der Waals surface area contributed by atoms with Crippen LogP contribution in [-0.4, -0.2) is 50.2 Å². The first kappa shape index (κ1) is 15.9. The van der Waals surface area contributed by atoms with Gasteiger partial charge in [0.1, 0.15) is 0 Å². The van der Waals surface area contributed by atoms with Crippen molar-refractivity contribution in [3.63, 3.8) is 0 Å². The number of hydrogen-bond acceptors (Lipinski definition) is 5. The Morgan fingerprint density at radius 3 is 2.35 bits per heavy atom. The highest BCUT2D eigenvalue weighted by molar-refractivity contribution is 5.72. The van der Waals surface area contributed by atoms with Crippen molar-refractivity contribution in [1.29, 1.82) is 0 Å². The summed E-state index contributed by atoms with van der Waals surface area (Å²) in [6.07, 6.45) is 0.336. The average Bonchev–Trinajstić information content (AvgIpc) is 2.33. The lowest BCUT2D eigenvalue weighted by atomic mass is 10.0. The van der Waals surface area contributed by atoms with Crippen LogP contribution in [0.1, 0.15) is 27.2 Å². The van der Waals surface area contributed by atoms with Crippen LogP contribution in [0, 0.1) is 5.92 Å². The molecule has 0 aliphatic heterocycles. The van der Waals surface area contributed by atoms with E-state index in [9.17, 15) is 9.59 Å².